The highest BCUT2D eigenvalue weighted by Gasteiger charge is 2.18. The van der Waals surface area contributed by atoms with Crippen LogP contribution in [0.5, 0.6) is 5.75 Å². The maximum atomic E-state index is 9.78. The number of nitrogens with one attached hydrogen (secondary N) is 1. The third kappa shape index (κ3) is 1.58. The van der Waals surface area contributed by atoms with E-state index in [4.69, 9.17) is 0 Å². The lowest BCUT2D eigenvalue weighted by Crippen LogP contribution is -1.99. The molecule has 4 heteroatoms. The van der Waals surface area contributed by atoms with E-state index in [0.717, 1.165) is 25.6 Å². The molecule has 0 fully saturated rings. The highest BCUT2D eigenvalue weighted by atomic mass is 79.9. The molecule has 16 heavy (non-hydrogen) atoms. The molecule has 3 rings (SSSR count). The van der Waals surface area contributed by atoms with Gasteiger partial charge in [0.2, 0.25) is 0 Å². The van der Waals surface area contributed by atoms with Crippen LogP contribution in [-0.2, 0) is 0 Å². The van der Waals surface area contributed by atoms with E-state index in [1.165, 1.54) is 0 Å². The van der Waals surface area contributed by atoms with E-state index in [0.29, 0.717) is 5.75 Å². The fourth-order valence-electron chi connectivity index (χ4n) is 1.67. The molecule has 0 unspecified atom stereocenters. The first-order chi connectivity index (χ1) is 7.74. The molecule has 0 amide bonds. The van der Waals surface area contributed by atoms with Gasteiger partial charge in [0.25, 0.3) is 0 Å². The van der Waals surface area contributed by atoms with Gasteiger partial charge in [0.1, 0.15) is 5.75 Å². The van der Waals surface area contributed by atoms with Crippen molar-refractivity contribution >= 4 is 39.1 Å². The minimum atomic E-state index is 0.320. The summed E-state index contributed by atoms with van der Waals surface area (Å²) >= 11 is 5.03. The van der Waals surface area contributed by atoms with Gasteiger partial charge < -0.3 is 10.4 Å². The second kappa shape index (κ2) is 3.71. The van der Waals surface area contributed by atoms with Gasteiger partial charge >= 0.3 is 0 Å². The Bertz CT molecular complexity index is 571. The minimum Gasteiger partial charge on any atom is -0.507 e. The smallest absolute Gasteiger partial charge is 0.131 e. The van der Waals surface area contributed by atoms with Crippen LogP contribution >= 0.6 is 27.7 Å². The zero-order valence-electron chi connectivity index (χ0n) is 8.20. The number of aromatic hydroxyl groups is 1. The van der Waals surface area contributed by atoms with Crippen molar-refractivity contribution < 1.29 is 5.11 Å². The van der Waals surface area contributed by atoms with Gasteiger partial charge in [-0.05, 0) is 30.3 Å². The van der Waals surface area contributed by atoms with Crippen LogP contribution in [0.3, 0.4) is 0 Å². The molecule has 1 aliphatic rings. The molecular formula is C12H8BrNOS. The third-order valence-corrected chi connectivity index (χ3v) is 4.10. The van der Waals surface area contributed by atoms with Crippen LogP contribution in [-0.4, -0.2) is 5.11 Å². The zero-order valence-corrected chi connectivity index (χ0v) is 10.6. The third-order valence-electron chi connectivity index (χ3n) is 2.42. The Balaban J connectivity index is 2.13. The average molecular weight is 294 g/mol. The number of halogens is 1. The van der Waals surface area contributed by atoms with Gasteiger partial charge in [-0.3, -0.25) is 0 Å². The summed E-state index contributed by atoms with van der Waals surface area (Å²) in [5, 5.41) is 13.1. The molecule has 1 heterocycles. The summed E-state index contributed by atoms with van der Waals surface area (Å²) in [6.07, 6.45) is 0. The van der Waals surface area contributed by atoms with Crippen molar-refractivity contribution in [2.45, 2.75) is 9.79 Å². The molecule has 2 N–H and O–H groups in total. The van der Waals surface area contributed by atoms with E-state index in [1.54, 1.807) is 17.8 Å². The number of phenols is 1. The van der Waals surface area contributed by atoms with Crippen molar-refractivity contribution in [3.63, 3.8) is 0 Å². The lowest BCUT2D eigenvalue weighted by molar-refractivity contribution is 0.463. The van der Waals surface area contributed by atoms with E-state index >= 15 is 0 Å². The van der Waals surface area contributed by atoms with Crippen molar-refractivity contribution in [2.24, 2.45) is 0 Å². The predicted molar refractivity (Wildman–Crippen MR) is 69.7 cm³/mol. The van der Waals surface area contributed by atoms with Crippen LogP contribution in [0.1, 0.15) is 0 Å². The number of rotatable bonds is 0. The van der Waals surface area contributed by atoms with Gasteiger partial charge in [-0.25, -0.2) is 0 Å². The molecule has 2 nitrogen and oxygen atoms in total. The summed E-state index contributed by atoms with van der Waals surface area (Å²) in [5.41, 5.74) is 2.03. The Morgan fingerprint density at radius 2 is 2.00 bits per heavy atom. The summed E-state index contributed by atoms with van der Waals surface area (Å²) in [4.78, 5) is 2.00. The monoisotopic (exact) mass is 293 g/mol. The summed E-state index contributed by atoms with van der Waals surface area (Å²) in [5.74, 6) is 0.320. The molecule has 0 aliphatic carbocycles. The highest BCUT2D eigenvalue weighted by Crippen LogP contribution is 2.48. The summed E-state index contributed by atoms with van der Waals surface area (Å²) in [6.45, 7) is 0. The van der Waals surface area contributed by atoms with Gasteiger partial charge in [-0.15, -0.1) is 0 Å². The van der Waals surface area contributed by atoms with Gasteiger partial charge in [0, 0.05) is 9.37 Å². The van der Waals surface area contributed by atoms with E-state index in [2.05, 4.69) is 21.2 Å². The average Bonchev–Trinajstić information content (AvgIpc) is 2.28. The Morgan fingerprint density at radius 1 is 1.12 bits per heavy atom. The van der Waals surface area contributed by atoms with E-state index in [-0.39, 0.29) is 0 Å². The number of benzene rings is 2. The largest absolute Gasteiger partial charge is 0.507 e. The Labute approximate surface area is 106 Å². The van der Waals surface area contributed by atoms with E-state index < -0.39 is 0 Å². The first kappa shape index (κ1) is 10.1. The maximum Gasteiger partial charge on any atom is 0.131 e. The topological polar surface area (TPSA) is 32.3 Å². The first-order valence-corrected chi connectivity index (χ1v) is 6.41. The number of hydrogen-bond acceptors (Lipinski definition) is 3. The van der Waals surface area contributed by atoms with Crippen molar-refractivity contribution in [1.29, 1.82) is 0 Å². The second-order valence-electron chi connectivity index (χ2n) is 3.52. The predicted octanol–water partition coefficient (Wildman–Crippen LogP) is 4.36. The molecule has 2 aromatic carbocycles. The highest BCUT2D eigenvalue weighted by molar-refractivity contribution is 9.10. The van der Waals surface area contributed by atoms with E-state index in [9.17, 15) is 5.11 Å². The maximum absolute atomic E-state index is 9.78. The van der Waals surface area contributed by atoms with Crippen molar-refractivity contribution in [2.75, 3.05) is 5.32 Å². The molecule has 80 valence electrons. The van der Waals surface area contributed by atoms with Gasteiger partial charge in [0.15, 0.2) is 0 Å². The molecular weight excluding hydrogens is 286 g/mol. The van der Waals surface area contributed by atoms with Crippen LogP contribution < -0.4 is 5.32 Å². The van der Waals surface area contributed by atoms with E-state index in [1.807, 2.05) is 30.3 Å². The molecule has 0 spiro atoms. The standard InChI is InChI=1S/C12H8BrNOS/c13-7-4-5-8-11(6-7)16-12-9(14-8)2-1-3-10(12)15/h1-6,14-15H. The van der Waals surface area contributed by atoms with Crippen LogP contribution in [0.2, 0.25) is 0 Å². The Morgan fingerprint density at radius 3 is 2.88 bits per heavy atom. The minimum absolute atomic E-state index is 0.320. The lowest BCUT2D eigenvalue weighted by atomic mass is 10.2. The normalized spacial score (nSPS) is 12.6. The Hall–Kier alpha value is -1.13. The van der Waals surface area contributed by atoms with Crippen molar-refractivity contribution in [3.8, 4) is 5.75 Å². The van der Waals surface area contributed by atoms with Gasteiger partial charge in [0.05, 0.1) is 16.3 Å². The molecule has 2 aromatic rings. The van der Waals surface area contributed by atoms with Crippen LogP contribution in [0, 0.1) is 0 Å². The fourth-order valence-corrected chi connectivity index (χ4v) is 3.22. The molecule has 0 radical (unpaired) electrons. The van der Waals surface area contributed by atoms with Gasteiger partial charge in [-0.1, -0.05) is 33.8 Å². The number of phenolic OH excluding ortho intramolecular Hbond substituents is 1. The molecule has 0 saturated heterocycles. The first-order valence-electron chi connectivity index (χ1n) is 4.80. The SMILES string of the molecule is Oc1cccc2c1Sc1cc(Br)ccc1N2. The van der Waals surface area contributed by atoms with Crippen molar-refractivity contribution in [3.05, 3.63) is 40.9 Å². The van der Waals surface area contributed by atoms with Crippen LogP contribution in [0.15, 0.2) is 50.7 Å². The summed E-state index contributed by atoms with van der Waals surface area (Å²) in [7, 11) is 0. The molecule has 0 atom stereocenters. The fraction of sp³-hybridized carbons (Fsp3) is 0. The lowest BCUT2D eigenvalue weighted by Gasteiger charge is -2.21. The molecule has 1 aliphatic heterocycles. The molecule has 0 saturated carbocycles. The summed E-state index contributed by atoms with van der Waals surface area (Å²) < 4.78 is 1.04. The second-order valence-corrected chi connectivity index (χ2v) is 5.49. The molecule has 0 aromatic heterocycles. The Kier molecular flexibility index (Phi) is 2.33. The van der Waals surface area contributed by atoms with Gasteiger partial charge in [-0.2, -0.15) is 0 Å². The number of hydrogen-bond donors (Lipinski definition) is 2. The number of fused-ring (bicyclic) bond motifs is 2. The molecule has 0 bridgehead atoms. The summed E-state index contributed by atoms with van der Waals surface area (Å²) in [6, 6.07) is 11.6. The van der Waals surface area contributed by atoms with Crippen LogP contribution in [0.4, 0.5) is 11.4 Å². The van der Waals surface area contributed by atoms with Crippen LogP contribution in [0.25, 0.3) is 0 Å². The zero-order chi connectivity index (χ0) is 11.1. The number of anilines is 2. The quantitative estimate of drug-likeness (QED) is 0.646. The van der Waals surface area contributed by atoms with Crippen molar-refractivity contribution in [1.82, 2.24) is 0 Å².